The SMILES string of the molecule is CC(=O)N(CC1CNCC1c1ccc(C)cc1)C1CCCCC1. The van der Waals surface area contributed by atoms with E-state index in [2.05, 4.69) is 41.4 Å². The lowest BCUT2D eigenvalue weighted by Crippen LogP contribution is -2.44. The molecule has 0 spiro atoms. The predicted molar refractivity (Wildman–Crippen MR) is 94.5 cm³/mol. The Hall–Kier alpha value is -1.35. The van der Waals surface area contributed by atoms with Crippen molar-refractivity contribution < 1.29 is 4.79 Å². The van der Waals surface area contributed by atoms with Crippen LogP contribution in [0.3, 0.4) is 0 Å². The van der Waals surface area contributed by atoms with E-state index in [1.54, 1.807) is 6.92 Å². The van der Waals surface area contributed by atoms with E-state index in [4.69, 9.17) is 0 Å². The highest BCUT2D eigenvalue weighted by molar-refractivity contribution is 5.73. The molecule has 1 aliphatic carbocycles. The minimum atomic E-state index is 0.256. The molecule has 1 amide bonds. The van der Waals surface area contributed by atoms with E-state index < -0.39 is 0 Å². The summed E-state index contributed by atoms with van der Waals surface area (Å²) < 4.78 is 0. The highest BCUT2D eigenvalue weighted by atomic mass is 16.2. The number of nitrogens with one attached hydrogen (secondary N) is 1. The van der Waals surface area contributed by atoms with Crippen LogP contribution in [0.2, 0.25) is 0 Å². The van der Waals surface area contributed by atoms with Gasteiger partial charge in [-0.2, -0.15) is 0 Å². The van der Waals surface area contributed by atoms with Crippen LogP contribution >= 0.6 is 0 Å². The number of amides is 1. The molecule has 1 saturated heterocycles. The molecule has 1 aliphatic heterocycles. The van der Waals surface area contributed by atoms with E-state index >= 15 is 0 Å². The molecule has 3 heteroatoms. The summed E-state index contributed by atoms with van der Waals surface area (Å²) in [5, 5.41) is 3.54. The van der Waals surface area contributed by atoms with Gasteiger partial charge in [0.2, 0.25) is 5.91 Å². The molecule has 3 rings (SSSR count). The standard InChI is InChI=1S/C20H30N2O/c1-15-8-10-17(11-9-15)20-13-21-12-18(20)14-22(16(2)23)19-6-4-3-5-7-19/h8-11,18-21H,3-7,12-14H2,1-2H3. The minimum absolute atomic E-state index is 0.256. The van der Waals surface area contributed by atoms with E-state index in [9.17, 15) is 4.79 Å². The van der Waals surface area contributed by atoms with Crippen LogP contribution in [0.4, 0.5) is 0 Å². The Morgan fingerprint density at radius 1 is 1.13 bits per heavy atom. The number of hydrogen-bond donors (Lipinski definition) is 1. The summed E-state index contributed by atoms with van der Waals surface area (Å²) in [5.74, 6) is 1.32. The van der Waals surface area contributed by atoms with Crippen molar-refractivity contribution in [1.29, 1.82) is 0 Å². The van der Waals surface area contributed by atoms with Gasteiger partial charge in [0.1, 0.15) is 0 Å². The van der Waals surface area contributed by atoms with Gasteiger partial charge < -0.3 is 10.2 Å². The molecule has 1 saturated carbocycles. The number of carbonyl (C=O) groups is 1. The highest BCUT2D eigenvalue weighted by Gasteiger charge is 2.33. The second-order valence-electron chi connectivity index (χ2n) is 7.40. The Labute approximate surface area is 140 Å². The van der Waals surface area contributed by atoms with Gasteiger partial charge in [0.25, 0.3) is 0 Å². The Bertz CT molecular complexity index is 519. The number of hydrogen-bond acceptors (Lipinski definition) is 2. The van der Waals surface area contributed by atoms with Crippen LogP contribution < -0.4 is 5.32 Å². The van der Waals surface area contributed by atoms with Crippen LogP contribution in [0.5, 0.6) is 0 Å². The Morgan fingerprint density at radius 2 is 1.83 bits per heavy atom. The lowest BCUT2D eigenvalue weighted by Gasteiger charge is -2.36. The van der Waals surface area contributed by atoms with Gasteiger partial charge in [0.15, 0.2) is 0 Å². The molecule has 0 radical (unpaired) electrons. The van der Waals surface area contributed by atoms with Gasteiger partial charge in [-0.3, -0.25) is 4.79 Å². The van der Waals surface area contributed by atoms with Gasteiger partial charge in [-0.25, -0.2) is 0 Å². The topological polar surface area (TPSA) is 32.3 Å². The number of aryl methyl sites for hydroxylation is 1. The van der Waals surface area contributed by atoms with Crippen molar-refractivity contribution in [3.05, 3.63) is 35.4 Å². The van der Waals surface area contributed by atoms with Gasteiger partial charge in [-0.1, -0.05) is 49.1 Å². The summed E-state index contributed by atoms with van der Waals surface area (Å²) in [6.45, 7) is 6.84. The van der Waals surface area contributed by atoms with Gasteiger partial charge in [-0.15, -0.1) is 0 Å². The van der Waals surface area contributed by atoms with Gasteiger partial charge in [0.05, 0.1) is 0 Å². The first kappa shape index (κ1) is 16.5. The third-order valence-electron chi connectivity index (χ3n) is 5.70. The Balaban J connectivity index is 1.70. The molecule has 1 aromatic rings. The molecular formula is C20H30N2O. The second kappa shape index (κ2) is 7.48. The van der Waals surface area contributed by atoms with Crippen molar-refractivity contribution in [1.82, 2.24) is 10.2 Å². The average Bonchev–Trinajstić information content (AvgIpc) is 3.02. The summed E-state index contributed by atoms with van der Waals surface area (Å²) >= 11 is 0. The van der Waals surface area contributed by atoms with Crippen molar-refractivity contribution >= 4 is 5.91 Å². The first-order valence-electron chi connectivity index (χ1n) is 9.19. The molecule has 2 aliphatic rings. The molecule has 2 unspecified atom stereocenters. The molecule has 1 aromatic carbocycles. The molecule has 1 N–H and O–H groups in total. The maximum atomic E-state index is 12.2. The van der Waals surface area contributed by atoms with Crippen LogP contribution in [0.15, 0.2) is 24.3 Å². The fourth-order valence-corrected chi connectivity index (χ4v) is 4.31. The molecule has 2 fully saturated rings. The summed E-state index contributed by atoms with van der Waals surface area (Å²) in [5.41, 5.74) is 2.72. The monoisotopic (exact) mass is 314 g/mol. The minimum Gasteiger partial charge on any atom is -0.340 e. The normalized spacial score (nSPS) is 25.5. The predicted octanol–water partition coefficient (Wildman–Crippen LogP) is 3.48. The van der Waals surface area contributed by atoms with Crippen LogP contribution in [-0.2, 0) is 4.79 Å². The van der Waals surface area contributed by atoms with Crippen molar-refractivity contribution in [3.63, 3.8) is 0 Å². The van der Waals surface area contributed by atoms with Crippen LogP contribution in [0.1, 0.15) is 56.1 Å². The first-order chi connectivity index (χ1) is 11.1. The van der Waals surface area contributed by atoms with E-state index in [1.165, 1.54) is 43.2 Å². The third kappa shape index (κ3) is 3.95. The molecular weight excluding hydrogens is 284 g/mol. The Morgan fingerprint density at radius 3 is 2.48 bits per heavy atom. The smallest absolute Gasteiger partial charge is 0.219 e. The molecule has 23 heavy (non-hydrogen) atoms. The van der Waals surface area contributed by atoms with Crippen LogP contribution in [-0.4, -0.2) is 36.5 Å². The van der Waals surface area contributed by atoms with Gasteiger partial charge in [0, 0.05) is 38.5 Å². The Kier molecular flexibility index (Phi) is 5.37. The number of rotatable bonds is 4. The molecule has 0 bridgehead atoms. The third-order valence-corrected chi connectivity index (χ3v) is 5.70. The molecule has 1 heterocycles. The maximum absolute atomic E-state index is 12.2. The van der Waals surface area contributed by atoms with Crippen molar-refractivity contribution in [2.45, 2.75) is 57.9 Å². The fraction of sp³-hybridized carbons (Fsp3) is 0.650. The zero-order valence-electron chi connectivity index (χ0n) is 14.6. The van der Waals surface area contributed by atoms with Gasteiger partial charge in [-0.05, 0) is 31.2 Å². The van der Waals surface area contributed by atoms with E-state index in [0.717, 1.165) is 19.6 Å². The van der Waals surface area contributed by atoms with Gasteiger partial charge >= 0.3 is 0 Å². The zero-order chi connectivity index (χ0) is 16.2. The van der Waals surface area contributed by atoms with E-state index in [1.807, 2.05) is 0 Å². The number of nitrogens with zero attached hydrogens (tertiary/aromatic N) is 1. The molecule has 126 valence electrons. The summed E-state index contributed by atoms with van der Waals surface area (Å²) in [6, 6.07) is 9.40. The largest absolute Gasteiger partial charge is 0.340 e. The summed E-state index contributed by atoms with van der Waals surface area (Å²) in [6.07, 6.45) is 6.26. The average molecular weight is 314 g/mol. The number of carbonyl (C=O) groups excluding carboxylic acids is 1. The number of benzene rings is 1. The van der Waals surface area contributed by atoms with Crippen LogP contribution in [0, 0.1) is 12.8 Å². The van der Waals surface area contributed by atoms with Crippen LogP contribution in [0.25, 0.3) is 0 Å². The second-order valence-corrected chi connectivity index (χ2v) is 7.40. The lowest BCUT2D eigenvalue weighted by atomic mass is 9.87. The maximum Gasteiger partial charge on any atom is 0.219 e. The highest BCUT2D eigenvalue weighted by Crippen LogP contribution is 2.31. The molecule has 0 aromatic heterocycles. The quantitative estimate of drug-likeness (QED) is 0.923. The molecule has 3 nitrogen and oxygen atoms in total. The summed E-state index contributed by atoms with van der Waals surface area (Å²) in [7, 11) is 0. The van der Waals surface area contributed by atoms with Crippen molar-refractivity contribution in [3.8, 4) is 0 Å². The van der Waals surface area contributed by atoms with E-state index in [0.29, 0.717) is 17.9 Å². The van der Waals surface area contributed by atoms with E-state index in [-0.39, 0.29) is 5.91 Å². The van der Waals surface area contributed by atoms with Crippen molar-refractivity contribution in [2.75, 3.05) is 19.6 Å². The van der Waals surface area contributed by atoms with Crippen molar-refractivity contribution in [2.24, 2.45) is 5.92 Å². The lowest BCUT2D eigenvalue weighted by molar-refractivity contribution is -0.132. The fourth-order valence-electron chi connectivity index (χ4n) is 4.31. The summed E-state index contributed by atoms with van der Waals surface area (Å²) in [4.78, 5) is 14.4. The first-order valence-corrected chi connectivity index (χ1v) is 9.19. The zero-order valence-corrected chi connectivity index (χ0v) is 14.6. The molecule has 2 atom stereocenters.